The van der Waals surface area contributed by atoms with Crippen LogP contribution in [0.1, 0.15) is 28.8 Å². The highest BCUT2D eigenvalue weighted by atomic mass is 16.5. The van der Waals surface area contributed by atoms with Crippen molar-refractivity contribution in [2.45, 2.75) is 25.0 Å². The van der Waals surface area contributed by atoms with Gasteiger partial charge in [-0.3, -0.25) is 9.59 Å². The standard InChI is InChI=1S/C19H20N2O5/c22-17(23)11-19(7-9-25-13-19)21-18(24)15-6-8-20-16(10-15)26-12-14-4-2-1-3-5-14/h1-6,8,10H,7,9,11-13H2,(H,21,24)(H,22,23). The summed E-state index contributed by atoms with van der Waals surface area (Å²) >= 11 is 0. The van der Waals surface area contributed by atoms with E-state index in [4.69, 9.17) is 14.6 Å². The fourth-order valence-corrected chi connectivity index (χ4v) is 2.85. The number of amides is 1. The van der Waals surface area contributed by atoms with Crippen molar-refractivity contribution < 1.29 is 24.2 Å². The van der Waals surface area contributed by atoms with Gasteiger partial charge in [0.1, 0.15) is 6.61 Å². The van der Waals surface area contributed by atoms with Gasteiger partial charge in [0.15, 0.2) is 0 Å². The zero-order chi connectivity index (χ0) is 18.4. The number of carbonyl (C=O) groups excluding carboxylic acids is 1. The van der Waals surface area contributed by atoms with Gasteiger partial charge in [-0.15, -0.1) is 0 Å². The lowest BCUT2D eigenvalue weighted by Crippen LogP contribution is -2.50. The average Bonchev–Trinajstić information content (AvgIpc) is 3.08. The van der Waals surface area contributed by atoms with Gasteiger partial charge in [-0.25, -0.2) is 4.98 Å². The quantitative estimate of drug-likeness (QED) is 0.788. The van der Waals surface area contributed by atoms with E-state index in [0.29, 0.717) is 31.1 Å². The molecule has 7 nitrogen and oxygen atoms in total. The molecule has 1 atom stereocenters. The maximum absolute atomic E-state index is 12.6. The SMILES string of the molecule is O=C(O)CC1(NC(=O)c2ccnc(OCc3ccccc3)c2)CCOC1. The van der Waals surface area contributed by atoms with Crippen LogP contribution in [0.4, 0.5) is 0 Å². The molecule has 1 saturated heterocycles. The first-order valence-corrected chi connectivity index (χ1v) is 8.31. The van der Waals surface area contributed by atoms with Crippen LogP contribution in [0.3, 0.4) is 0 Å². The summed E-state index contributed by atoms with van der Waals surface area (Å²) in [5, 5.41) is 11.9. The molecular weight excluding hydrogens is 336 g/mol. The van der Waals surface area contributed by atoms with Crippen molar-refractivity contribution in [2.24, 2.45) is 0 Å². The average molecular weight is 356 g/mol. The molecule has 0 saturated carbocycles. The smallest absolute Gasteiger partial charge is 0.305 e. The van der Waals surface area contributed by atoms with Crippen LogP contribution >= 0.6 is 0 Å². The second-order valence-corrected chi connectivity index (χ2v) is 6.26. The number of carboxylic acid groups (broad SMARTS) is 1. The molecule has 1 aromatic carbocycles. The highest BCUT2D eigenvalue weighted by molar-refractivity contribution is 5.95. The zero-order valence-electron chi connectivity index (χ0n) is 14.2. The maximum Gasteiger partial charge on any atom is 0.305 e. The van der Waals surface area contributed by atoms with Gasteiger partial charge < -0.3 is 19.9 Å². The first kappa shape index (κ1) is 17.9. The van der Waals surface area contributed by atoms with Gasteiger partial charge in [0.25, 0.3) is 5.91 Å². The maximum atomic E-state index is 12.6. The van der Waals surface area contributed by atoms with E-state index in [0.717, 1.165) is 5.56 Å². The summed E-state index contributed by atoms with van der Waals surface area (Å²) in [6.45, 7) is 0.957. The molecule has 7 heteroatoms. The first-order valence-electron chi connectivity index (χ1n) is 8.31. The van der Waals surface area contributed by atoms with Crippen LogP contribution in [0, 0.1) is 0 Å². The highest BCUT2D eigenvalue weighted by Crippen LogP contribution is 2.23. The fourth-order valence-electron chi connectivity index (χ4n) is 2.85. The van der Waals surface area contributed by atoms with E-state index in [9.17, 15) is 9.59 Å². The number of carbonyl (C=O) groups is 2. The molecule has 3 rings (SSSR count). The van der Waals surface area contributed by atoms with Gasteiger partial charge in [0.2, 0.25) is 5.88 Å². The van der Waals surface area contributed by atoms with Crippen molar-refractivity contribution in [3.05, 3.63) is 59.8 Å². The Morgan fingerprint density at radius 3 is 2.77 bits per heavy atom. The molecule has 1 aliphatic heterocycles. The molecule has 136 valence electrons. The van der Waals surface area contributed by atoms with Crippen molar-refractivity contribution in [2.75, 3.05) is 13.2 Å². The minimum atomic E-state index is -0.975. The normalized spacial score (nSPS) is 19.1. The summed E-state index contributed by atoms with van der Waals surface area (Å²) in [5.74, 6) is -1.02. The number of nitrogens with one attached hydrogen (secondary N) is 1. The predicted octanol–water partition coefficient (Wildman–Crippen LogP) is 2.02. The second-order valence-electron chi connectivity index (χ2n) is 6.26. The molecule has 26 heavy (non-hydrogen) atoms. The first-order chi connectivity index (χ1) is 12.6. The Balaban J connectivity index is 1.66. The number of rotatable bonds is 7. The summed E-state index contributed by atoms with van der Waals surface area (Å²) < 4.78 is 10.9. The van der Waals surface area contributed by atoms with Crippen molar-refractivity contribution >= 4 is 11.9 Å². The molecule has 1 aliphatic rings. The third-order valence-electron chi connectivity index (χ3n) is 4.20. The van der Waals surface area contributed by atoms with E-state index in [1.807, 2.05) is 30.3 Å². The number of hydrogen-bond donors (Lipinski definition) is 2. The lowest BCUT2D eigenvalue weighted by Gasteiger charge is -2.27. The van der Waals surface area contributed by atoms with Gasteiger partial charge in [-0.2, -0.15) is 0 Å². The number of benzene rings is 1. The molecule has 0 aliphatic carbocycles. The van der Waals surface area contributed by atoms with Crippen molar-refractivity contribution in [3.8, 4) is 5.88 Å². The Hall–Kier alpha value is -2.93. The topological polar surface area (TPSA) is 97.8 Å². The molecule has 1 aromatic heterocycles. The van der Waals surface area contributed by atoms with Crippen LogP contribution in [-0.2, 0) is 16.1 Å². The van der Waals surface area contributed by atoms with Crippen LogP contribution in [0.25, 0.3) is 0 Å². The van der Waals surface area contributed by atoms with Crippen LogP contribution in [0.2, 0.25) is 0 Å². The monoisotopic (exact) mass is 356 g/mol. The van der Waals surface area contributed by atoms with E-state index >= 15 is 0 Å². The van der Waals surface area contributed by atoms with Crippen molar-refractivity contribution in [1.29, 1.82) is 0 Å². The predicted molar refractivity (Wildman–Crippen MR) is 92.9 cm³/mol. The van der Waals surface area contributed by atoms with Crippen LogP contribution in [-0.4, -0.2) is 40.7 Å². The highest BCUT2D eigenvalue weighted by Gasteiger charge is 2.38. The lowest BCUT2D eigenvalue weighted by molar-refractivity contribution is -0.138. The summed E-state index contributed by atoms with van der Waals surface area (Å²) in [7, 11) is 0. The molecule has 0 bridgehead atoms. The van der Waals surface area contributed by atoms with Crippen LogP contribution < -0.4 is 10.1 Å². The Labute approximate surface area is 151 Å². The largest absolute Gasteiger partial charge is 0.481 e. The molecular formula is C19H20N2O5. The third kappa shape index (κ3) is 4.58. The van der Waals surface area contributed by atoms with Gasteiger partial charge in [-0.05, 0) is 18.1 Å². The third-order valence-corrected chi connectivity index (χ3v) is 4.20. The molecule has 1 unspecified atom stereocenters. The van der Waals surface area contributed by atoms with Crippen LogP contribution in [0.5, 0.6) is 5.88 Å². The van der Waals surface area contributed by atoms with Crippen molar-refractivity contribution in [1.82, 2.24) is 10.3 Å². The molecule has 2 N–H and O–H groups in total. The Kier molecular flexibility index (Phi) is 5.48. The zero-order valence-corrected chi connectivity index (χ0v) is 14.2. The lowest BCUT2D eigenvalue weighted by atomic mass is 9.94. The van der Waals surface area contributed by atoms with E-state index in [-0.39, 0.29) is 18.9 Å². The van der Waals surface area contributed by atoms with E-state index < -0.39 is 11.5 Å². The Bertz CT molecular complexity index is 773. The number of ether oxygens (including phenoxy) is 2. The number of nitrogens with zero attached hydrogens (tertiary/aromatic N) is 1. The van der Waals surface area contributed by atoms with E-state index in [1.54, 1.807) is 12.1 Å². The van der Waals surface area contributed by atoms with Crippen LogP contribution in [0.15, 0.2) is 48.7 Å². The molecule has 2 heterocycles. The summed E-state index contributed by atoms with van der Waals surface area (Å²) in [6, 6.07) is 12.7. The fraction of sp³-hybridized carbons (Fsp3) is 0.316. The Morgan fingerprint density at radius 1 is 1.27 bits per heavy atom. The molecule has 1 amide bonds. The molecule has 0 spiro atoms. The number of aliphatic carboxylic acids is 1. The Morgan fingerprint density at radius 2 is 2.08 bits per heavy atom. The number of aromatic nitrogens is 1. The number of hydrogen-bond acceptors (Lipinski definition) is 5. The number of carboxylic acids is 1. The minimum absolute atomic E-state index is 0.179. The van der Waals surface area contributed by atoms with E-state index in [2.05, 4.69) is 10.3 Å². The summed E-state index contributed by atoms with van der Waals surface area (Å²) in [6.07, 6.45) is 1.78. The van der Waals surface area contributed by atoms with Crippen molar-refractivity contribution in [3.63, 3.8) is 0 Å². The van der Waals surface area contributed by atoms with Gasteiger partial charge in [0.05, 0.1) is 18.6 Å². The number of pyridine rings is 1. The van der Waals surface area contributed by atoms with Gasteiger partial charge in [0, 0.05) is 24.4 Å². The molecule has 2 aromatic rings. The summed E-state index contributed by atoms with van der Waals surface area (Å²) in [4.78, 5) is 27.8. The molecule has 1 fully saturated rings. The second kappa shape index (κ2) is 7.97. The van der Waals surface area contributed by atoms with Gasteiger partial charge in [-0.1, -0.05) is 30.3 Å². The van der Waals surface area contributed by atoms with Gasteiger partial charge >= 0.3 is 5.97 Å². The summed E-state index contributed by atoms with van der Waals surface area (Å²) in [5.41, 5.74) is 0.476. The van der Waals surface area contributed by atoms with E-state index in [1.165, 1.54) is 6.20 Å². The molecule has 0 radical (unpaired) electrons. The minimum Gasteiger partial charge on any atom is -0.481 e.